The average Bonchev–Trinajstić information content (AvgIpc) is 2.51. The second-order valence-electron chi connectivity index (χ2n) is 3.96. The van der Waals surface area contributed by atoms with Gasteiger partial charge in [0, 0.05) is 22.9 Å². The van der Waals surface area contributed by atoms with Crippen LogP contribution in [0.15, 0.2) is 18.2 Å². The van der Waals surface area contributed by atoms with E-state index in [1.807, 2.05) is 25.1 Å². The number of nitrogens with two attached hydrogens (primary N) is 1. The fourth-order valence-corrected chi connectivity index (χ4v) is 1.88. The van der Waals surface area contributed by atoms with Crippen LogP contribution >= 0.6 is 0 Å². The van der Waals surface area contributed by atoms with Crippen LogP contribution in [-0.4, -0.2) is 16.1 Å². The SMILES string of the molecule is Cc1ccc2[nH]c(N)c(CCC(=O)O)c2c1. The second-order valence-corrected chi connectivity index (χ2v) is 3.96. The molecular weight excluding hydrogens is 204 g/mol. The Balaban J connectivity index is 2.45. The first kappa shape index (κ1) is 10.5. The fourth-order valence-electron chi connectivity index (χ4n) is 1.88. The lowest BCUT2D eigenvalue weighted by atomic mass is 10.1. The predicted molar refractivity (Wildman–Crippen MR) is 63.4 cm³/mol. The zero-order valence-electron chi connectivity index (χ0n) is 9.08. The van der Waals surface area contributed by atoms with Gasteiger partial charge in [0.2, 0.25) is 0 Å². The van der Waals surface area contributed by atoms with Crippen LogP contribution in [0.25, 0.3) is 10.9 Å². The third-order valence-corrected chi connectivity index (χ3v) is 2.68. The van der Waals surface area contributed by atoms with Gasteiger partial charge in [-0.1, -0.05) is 11.6 Å². The van der Waals surface area contributed by atoms with Gasteiger partial charge in [0.05, 0.1) is 0 Å². The molecule has 1 aromatic heterocycles. The third-order valence-electron chi connectivity index (χ3n) is 2.68. The maximum absolute atomic E-state index is 10.6. The number of carboxylic acid groups (broad SMARTS) is 1. The van der Waals surface area contributed by atoms with Gasteiger partial charge in [0.1, 0.15) is 5.82 Å². The second kappa shape index (κ2) is 3.89. The van der Waals surface area contributed by atoms with E-state index in [4.69, 9.17) is 10.8 Å². The number of benzene rings is 1. The third kappa shape index (κ3) is 1.86. The van der Waals surface area contributed by atoms with Crippen molar-refractivity contribution in [3.63, 3.8) is 0 Å². The van der Waals surface area contributed by atoms with Crippen molar-refractivity contribution in [3.05, 3.63) is 29.3 Å². The highest BCUT2D eigenvalue weighted by Crippen LogP contribution is 2.26. The maximum Gasteiger partial charge on any atom is 0.303 e. The Morgan fingerprint density at radius 2 is 2.25 bits per heavy atom. The number of aryl methyl sites for hydroxylation is 2. The zero-order chi connectivity index (χ0) is 11.7. The van der Waals surface area contributed by atoms with Gasteiger partial charge in [-0.15, -0.1) is 0 Å². The molecule has 0 aliphatic carbocycles. The lowest BCUT2D eigenvalue weighted by Gasteiger charge is -1.99. The molecule has 2 aromatic rings. The van der Waals surface area contributed by atoms with E-state index in [0.29, 0.717) is 12.2 Å². The summed E-state index contributed by atoms with van der Waals surface area (Å²) in [5.41, 5.74) is 8.85. The van der Waals surface area contributed by atoms with E-state index in [0.717, 1.165) is 22.0 Å². The molecule has 0 atom stereocenters. The number of fused-ring (bicyclic) bond motifs is 1. The Kier molecular flexibility index (Phi) is 2.56. The molecule has 0 amide bonds. The molecule has 4 N–H and O–H groups in total. The summed E-state index contributed by atoms with van der Waals surface area (Å²) >= 11 is 0. The van der Waals surface area contributed by atoms with Crippen LogP contribution in [0.1, 0.15) is 17.5 Å². The summed E-state index contributed by atoms with van der Waals surface area (Å²) in [7, 11) is 0. The molecule has 4 nitrogen and oxygen atoms in total. The summed E-state index contributed by atoms with van der Waals surface area (Å²) < 4.78 is 0. The van der Waals surface area contributed by atoms with Crippen molar-refractivity contribution in [3.8, 4) is 0 Å². The summed E-state index contributed by atoms with van der Waals surface area (Å²) in [6.45, 7) is 2.00. The minimum absolute atomic E-state index is 0.102. The highest BCUT2D eigenvalue weighted by Gasteiger charge is 2.10. The summed E-state index contributed by atoms with van der Waals surface area (Å²) in [5, 5.41) is 9.71. The number of aromatic nitrogens is 1. The fraction of sp³-hybridized carbons (Fsp3) is 0.250. The van der Waals surface area contributed by atoms with Gasteiger partial charge in [0.25, 0.3) is 0 Å². The Hall–Kier alpha value is -1.97. The van der Waals surface area contributed by atoms with Gasteiger partial charge >= 0.3 is 5.97 Å². The number of H-pyrrole nitrogens is 1. The summed E-state index contributed by atoms with van der Waals surface area (Å²) in [6.07, 6.45) is 0.565. The Bertz CT molecular complexity index is 543. The lowest BCUT2D eigenvalue weighted by Crippen LogP contribution is -1.99. The van der Waals surface area contributed by atoms with Gasteiger partial charge < -0.3 is 15.8 Å². The number of hydrogen-bond acceptors (Lipinski definition) is 2. The van der Waals surface area contributed by atoms with Gasteiger partial charge in [0.15, 0.2) is 0 Å². The predicted octanol–water partition coefficient (Wildman–Crippen LogP) is 2.08. The highest BCUT2D eigenvalue weighted by molar-refractivity contribution is 5.89. The maximum atomic E-state index is 10.6. The molecular formula is C12H14N2O2. The number of aromatic amines is 1. The topological polar surface area (TPSA) is 79.1 Å². The van der Waals surface area contributed by atoms with Crippen LogP contribution in [0, 0.1) is 6.92 Å². The van der Waals surface area contributed by atoms with Crippen LogP contribution in [0.4, 0.5) is 5.82 Å². The number of anilines is 1. The monoisotopic (exact) mass is 218 g/mol. The molecule has 0 unspecified atom stereocenters. The minimum Gasteiger partial charge on any atom is -0.481 e. The number of aliphatic carboxylic acids is 1. The largest absolute Gasteiger partial charge is 0.481 e. The molecule has 1 aromatic carbocycles. The summed E-state index contributed by atoms with van der Waals surface area (Å²) in [4.78, 5) is 13.6. The minimum atomic E-state index is -0.804. The standard InChI is InChI=1S/C12H14N2O2/c1-7-2-4-10-9(6-7)8(12(13)14-10)3-5-11(15)16/h2,4,6,14H,3,5,13H2,1H3,(H,15,16). The number of hydrogen-bond donors (Lipinski definition) is 3. The van der Waals surface area contributed by atoms with Gasteiger partial charge in [-0.2, -0.15) is 0 Å². The van der Waals surface area contributed by atoms with Crippen molar-refractivity contribution in [1.29, 1.82) is 0 Å². The number of nitrogen functional groups attached to an aromatic ring is 1. The molecule has 0 saturated heterocycles. The van der Waals surface area contributed by atoms with Gasteiger partial charge in [-0.05, 0) is 25.5 Å². The molecule has 0 bridgehead atoms. The van der Waals surface area contributed by atoms with E-state index in [-0.39, 0.29) is 6.42 Å². The van der Waals surface area contributed by atoms with Crippen molar-refractivity contribution in [2.45, 2.75) is 19.8 Å². The van der Waals surface area contributed by atoms with Crippen molar-refractivity contribution in [1.82, 2.24) is 4.98 Å². The van der Waals surface area contributed by atoms with Crippen molar-refractivity contribution >= 4 is 22.7 Å². The Morgan fingerprint density at radius 1 is 1.50 bits per heavy atom. The molecule has 84 valence electrons. The number of nitrogens with one attached hydrogen (secondary N) is 1. The molecule has 0 fully saturated rings. The molecule has 0 spiro atoms. The molecule has 0 saturated carbocycles. The van der Waals surface area contributed by atoms with Gasteiger partial charge in [-0.25, -0.2) is 0 Å². The molecule has 0 aliphatic heterocycles. The van der Waals surface area contributed by atoms with Crippen LogP contribution in [0.3, 0.4) is 0 Å². The number of rotatable bonds is 3. The normalized spacial score (nSPS) is 10.8. The van der Waals surface area contributed by atoms with E-state index in [9.17, 15) is 4.79 Å². The zero-order valence-corrected chi connectivity index (χ0v) is 9.08. The van der Waals surface area contributed by atoms with E-state index in [1.165, 1.54) is 0 Å². The first-order valence-electron chi connectivity index (χ1n) is 5.16. The molecule has 0 radical (unpaired) electrons. The van der Waals surface area contributed by atoms with Crippen molar-refractivity contribution < 1.29 is 9.90 Å². The lowest BCUT2D eigenvalue weighted by molar-refractivity contribution is -0.136. The molecule has 2 rings (SSSR count). The smallest absolute Gasteiger partial charge is 0.303 e. The number of carbonyl (C=O) groups is 1. The van der Waals surface area contributed by atoms with Crippen molar-refractivity contribution in [2.75, 3.05) is 5.73 Å². The van der Waals surface area contributed by atoms with E-state index in [2.05, 4.69) is 4.98 Å². The highest BCUT2D eigenvalue weighted by atomic mass is 16.4. The van der Waals surface area contributed by atoms with Crippen molar-refractivity contribution in [2.24, 2.45) is 0 Å². The average molecular weight is 218 g/mol. The van der Waals surface area contributed by atoms with Crippen LogP contribution < -0.4 is 5.73 Å². The van der Waals surface area contributed by atoms with Crippen LogP contribution in [0.5, 0.6) is 0 Å². The molecule has 16 heavy (non-hydrogen) atoms. The summed E-state index contributed by atoms with van der Waals surface area (Å²) in [5.74, 6) is -0.233. The molecule has 1 heterocycles. The van der Waals surface area contributed by atoms with E-state index < -0.39 is 5.97 Å². The Labute approximate surface area is 93.1 Å². The number of carboxylic acids is 1. The van der Waals surface area contributed by atoms with Gasteiger partial charge in [-0.3, -0.25) is 4.79 Å². The van der Waals surface area contributed by atoms with E-state index in [1.54, 1.807) is 0 Å². The Morgan fingerprint density at radius 3 is 2.94 bits per heavy atom. The molecule has 0 aliphatic rings. The van der Waals surface area contributed by atoms with Crippen LogP contribution in [0.2, 0.25) is 0 Å². The quantitative estimate of drug-likeness (QED) is 0.737. The van der Waals surface area contributed by atoms with Crippen LogP contribution in [-0.2, 0) is 11.2 Å². The molecule has 4 heteroatoms. The first-order valence-corrected chi connectivity index (χ1v) is 5.16. The summed E-state index contributed by atoms with van der Waals surface area (Å²) in [6, 6.07) is 5.99. The van der Waals surface area contributed by atoms with E-state index >= 15 is 0 Å². The first-order chi connectivity index (χ1) is 7.58.